The van der Waals surface area contributed by atoms with E-state index in [0.717, 1.165) is 16.7 Å². The summed E-state index contributed by atoms with van der Waals surface area (Å²) in [6.45, 7) is 13.4. The lowest BCUT2D eigenvalue weighted by molar-refractivity contribution is -0.149. The maximum Gasteiger partial charge on any atom is 0.334 e. The first-order valence-electron chi connectivity index (χ1n) is 11.3. The minimum absolute atomic E-state index is 0.226. The van der Waals surface area contributed by atoms with E-state index in [0.29, 0.717) is 19.3 Å². The van der Waals surface area contributed by atoms with Gasteiger partial charge in [-0.2, -0.15) is 0 Å². The van der Waals surface area contributed by atoms with E-state index in [-0.39, 0.29) is 5.57 Å². The summed E-state index contributed by atoms with van der Waals surface area (Å²) in [4.78, 5) is 47.7. The van der Waals surface area contributed by atoms with E-state index < -0.39 is 54.2 Å². The summed E-state index contributed by atoms with van der Waals surface area (Å²) in [7, 11) is 0. The van der Waals surface area contributed by atoms with Crippen LogP contribution in [0.15, 0.2) is 47.1 Å². The molecule has 1 aliphatic carbocycles. The van der Waals surface area contributed by atoms with Crippen molar-refractivity contribution in [3.63, 3.8) is 0 Å². The molecule has 0 bridgehead atoms. The van der Waals surface area contributed by atoms with Gasteiger partial charge in [-0.05, 0) is 39.0 Å². The largest absolute Gasteiger partial charge is 0.461 e. The highest BCUT2D eigenvalue weighted by molar-refractivity contribution is 5.91. The van der Waals surface area contributed by atoms with E-state index in [2.05, 4.69) is 6.58 Å². The molecule has 0 spiro atoms. The van der Waals surface area contributed by atoms with Gasteiger partial charge in [0.25, 0.3) is 0 Å². The van der Waals surface area contributed by atoms with Crippen LogP contribution in [0.1, 0.15) is 60.8 Å². The third kappa shape index (κ3) is 8.01. The van der Waals surface area contributed by atoms with Gasteiger partial charge >= 0.3 is 23.9 Å². The lowest BCUT2D eigenvalue weighted by atomic mass is 9.86. The number of carbonyl (C=O) groups excluding carboxylic acids is 4. The SMILES string of the molecule is C=C1C(=O)O[C@H]2/C=C(/C)C[C@H](OC(C)=O)/C=C(/C)C[C@H](OC(C)=O)/C=C(/C)C[C@H](OC(C)=O)[C@H]12. The zero-order valence-electron chi connectivity index (χ0n) is 20.7. The van der Waals surface area contributed by atoms with E-state index in [1.165, 1.54) is 20.8 Å². The molecule has 34 heavy (non-hydrogen) atoms. The topological polar surface area (TPSA) is 105 Å². The monoisotopic (exact) mass is 474 g/mol. The smallest absolute Gasteiger partial charge is 0.334 e. The molecule has 2 aliphatic rings. The Kier molecular flexibility index (Phi) is 9.41. The van der Waals surface area contributed by atoms with Crippen molar-refractivity contribution < 1.29 is 38.1 Å². The fraction of sp³-hybridized carbons (Fsp3) is 0.538. The molecule has 2 rings (SSSR count). The highest BCUT2D eigenvalue weighted by Gasteiger charge is 2.44. The molecular weight excluding hydrogens is 440 g/mol. The van der Waals surface area contributed by atoms with Crippen molar-refractivity contribution in [3.05, 3.63) is 47.1 Å². The van der Waals surface area contributed by atoms with Crippen molar-refractivity contribution in [3.8, 4) is 0 Å². The first-order chi connectivity index (χ1) is 15.8. The van der Waals surface area contributed by atoms with E-state index in [1.54, 1.807) is 12.2 Å². The Morgan fingerprint density at radius 3 is 1.71 bits per heavy atom. The van der Waals surface area contributed by atoms with Crippen LogP contribution in [0.25, 0.3) is 0 Å². The standard InChI is InChI=1S/C26H34O8/c1-14-8-21(31-18(5)27)10-15(2)12-23(33-20(7)29)25-17(4)26(30)34-24(25)13-16(3)11-22(9-14)32-19(6)28/h9-10,13,21-25H,4,8,11-12H2,1-3,5-7H3/b14-9-,15-10-,16-13-/t21-,22+,23-,24-,25-/m0/s1. The quantitative estimate of drug-likeness (QED) is 0.262. The number of rotatable bonds is 3. The molecule has 5 atom stereocenters. The molecule has 1 fully saturated rings. The predicted molar refractivity (Wildman–Crippen MR) is 124 cm³/mol. The summed E-state index contributed by atoms with van der Waals surface area (Å²) in [5.74, 6) is -2.49. The molecule has 1 saturated heterocycles. The van der Waals surface area contributed by atoms with E-state index in [4.69, 9.17) is 18.9 Å². The second-order valence-corrected chi connectivity index (χ2v) is 9.02. The minimum atomic E-state index is -0.705. The van der Waals surface area contributed by atoms with Crippen LogP contribution in [-0.2, 0) is 38.1 Å². The van der Waals surface area contributed by atoms with Crippen molar-refractivity contribution in [1.29, 1.82) is 0 Å². The van der Waals surface area contributed by atoms with Crippen LogP contribution in [0.2, 0.25) is 0 Å². The fourth-order valence-corrected chi connectivity index (χ4v) is 4.40. The Bertz CT molecular complexity index is 938. The molecule has 1 heterocycles. The molecule has 0 unspecified atom stereocenters. The van der Waals surface area contributed by atoms with Crippen LogP contribution in [-0.4, -0.2) is 48.3 Å². The number of esters is 4. The summed E-state index contributed by atoms with van der Waals surface area (Å²) < 4.78 is 22.1. The lowest BCUT2D eigenvalue weighted by Gasteiger charge is -2.27. The summed E-state index contributed by atoms with van der Waals surface area (Å²) in [6, 6.07) is 0. The Labute approximate surface area is 200 Å². The zero-order chi connectivity index (χ0) is 25.6. The molecule has 0 saturated carbocycles. The highest BCUT2D eigenvalue weighted by Crippen LogP contribution is 2.36. The maximum absolute atomic E-state index is 12.4. The van der Waals surface area contributed by atoms with E-state index in [9.17, 15) is 19.2 Å². The van der Waals surface area contributed by atoms with Crippen molar-refractivity contribution in [2.24, 2.45) is 5.92 Å². The maximum atomic E-state index is 12.4. The van der Waals surface area contributed by atoms with Gasteiger partial charge in [-0.3, -0.25) is 14.4 Å². The van der Waals surface area contributed by atoms with Crippen LogP contribution in [0.4, 0.5) is 0 Å². The van der Waals surface area contributed by atoms with E-state index >= 15 is 0 Å². The Balaban J connectivity index is 2.58. The Morgan fingerprint density at radius 2 is 1.24 bits per heavy atom. The van der Waals surface area contributed by atoms with Crippen LogP contribution in [0, 0.1) is 5.92 Å². The first-order valence-corrected chi connectivity index (χ1v) is 11.3. The third-order valence-corrected chi connectivity index (χ3v) is 5.57. The van der Waals surface area contributed by atoms with Crippen molar-refractivity contribution in [1.82, 2.24) is 0 Å². The molecule has 0 aromatic heterocycles. The van der Waals surface area contributed by atoms with Gasteiger partial charge in [0.15, 0.2) is 0 Å². The van der Waals surface area contributed by atoms with Crippen LogP contribution >= 0.6 is 0 Å². The van der Waals surface area contributed by atoms with Crippen molar-refractivity contribution >= 4 is 23.9 Å². The van der Waals surface area contributed by atoms with E-state index in [1.807, 2.05) is 26.8 Å². The Hall–Kier alpha value is -3.16. The van der Waals surface area contributed by atoms with Gasteiger partial charge in [0.05, 0.1) is 5.92 Å². The first kappa shape index (κ1) is 27.1. The number of hydrogen-bond donors (Lipinski definition) is 0. The normalized spacial score (nSPS) is 32.9. The minimum Gasteiger partial charge on any atom is -0.461 e. The van der Waals surface area contributed by atoms with Gasteiger partial charge < -0.3 is 18.9 Å². The average molecular weight is 475 g/mol. The summed E-state index contributed by atoms with van der Waals surface area (Å²) in [5.41, 5.74) is 2.74. The summed E-state index contributed by atoms with van der Waals surface area (Å²) in [5, 5.41) is 0. The molecule has 0 radical (unpaired) electrons. The second-order valence-electron chi connectivity index (χ2n) is 9.02. The van der Waals surface area contributed by atoms with Crippen molar-refractivity contribution in [2.75, 3.05) is 0 Å². The van der Waals surface area contributed by atoms with Gasteiger partial charge in [-0.15, -0.1) is 0 Å². The van der Waals surface area contributed by atoms with Gasteiger partial charge in [0.1, 0.15) is 24.4 Å². The molecule has 0 aromatic rings. The molecule has 1 aliphatic heterocycles. The van der Waals surface area contributed by atoms with Crippen LogP contribution < -0.4 is 0 Å². The molecule has 8 nitrogen and oxygen atoms in total. The van der Waals surface area contributed by atoms with Gasteiger partial charge in [-0.25, -0.2) is 4.79 Å². The third-order valence-electron chi connectivity index (χ3n) is 5.57. The number of hydrogen-bond acceptors (Lipinski definition) is 8. The predicted octanol–water partition coefficient (Wildman–Crippen LogP) is 3.90. The Morgan fingerprint density at radius 1 is 0.794 bits per heavy atom. The van der Waals surface area contributed by atoms with Crippen molar-refractivity contribution in [2.45, 2.75) is 85.2 Å². The van der Waals surface area contributed by atoms with Crippen LogP contribution in [0.3, 0.4) is 0 Å². The number of fused-ring (bicyclic) bond motifs is 1. The number of carbonyl (C=O) groups is 4. The second kappa shape index (κ2) is 11.8. The fourth-order valence-electron chi connectivity index (χ4n) is 4.40. The molecule has 8 heteroatoms. The van der Waals surface area contributed by atoms with Gasteiger partial charge in [0, 0.05) is 45.6 Å². The summed E-state index contributed by atoms with van der Waals surface area (Å²) >= 11 is 0. The lowest BCUT2D eigenvalue weighted by Crippen LogP contribution is -2.33. The summed E-state index contributed by atoms with van der Waals surface area (Å²) in [6.07, 6.45) is 4.00. The molecule has 0 amide bonds. The molecule has 0 aromatic carbocycles. The average Bonchev–Trinajstić information content (AvgIpc) is 2.91. The highest BCUT2D eigenvalue weighted by atomic mass is 16.6. The molecule has 0 N–H and O–H groups in total. The zero-order valence-corrected chi connectivity index (χ0v) is 20.7. The van der Waals surface area contributed by atoms with Gasteiger partial charge in [-0.1, -0.05) is 23.3 Å². The molecular formula is C26H34O8. The molecule has 186 valence electrons. The van der Waals surface area contributed by atoms with Gasteiger partial charge in [0.2, 0.25) is 0 Å². The van der Waals surface area contributed by atoms with Crippen LogP contribution in [0.5, 0.6) is 0 Å². The number of ether oxygens (including phenoxy) is 4.